The molecule has 0 aliphatic heterocycles. The lowest BCUT2D eigenvalue weighted by Gasteiger charge is -2.16. The van der Waals surface area contributed by atoms with Crippen LogP contribution >= 0.6 is 66.7 Å². The van der Waals surface area contributed by atoms with Crippen LogP contribution in [-0.2, 0) is 4.74 Å². The van der Waals surface area contributed by atoms with Crippen molar-refractivity contribution in [3.8, 4) is 0 Å². The van der Waals surface area contributed by atoms with Gasteiger partial charge in [-0.3, -0.25) is 0 Å². The van der Waals surface area contributed by atoms with Gasteiger partial charge in [0.25, 0.3) is 0 Å². The second-order valence-corrected chi connectivity index (χ2v) is 5.90. The monoisotopic (exact) mass is 332 g/mol. The molecule has 0 aliphatic carbocycles. The lowest BCUT2D eigenvalue weighted by atomic mass is 10.8. The first-order chi connectivity index (χ1) is 4.34. The maximum absolute atomic E-state index is 10.1. The number of carbonyl (C=O) groups is 1. The fourth-order valence-corrected chi connectivity index (χ4v) is 0.697. The Hall–Kier alpha value is 1.30. The van der Waals surface area contributed by atoms with E-state index < -0.39 is 13.7 Å². The largest absolute Gasteiger partial charge is 0.434 e. The van der Waals surface area contributed by atoms with Gasteiger partial charge in [0.15, 0.2) is 5.01 Å². The van der Waals surface area contributed by atoms with E-state index in [4.69, 9.17) is 34.8 Å². The zero-order valence-corrected chi connectivity index (χ0v) is 9.72. The normalized spacial score (nSPS) is 14.5. The zero-order valence-electron chi connectivity index (χ0n) is 4.28. The lowest BCUT2D eigenvalue weighted by Crippen LogP contribution is -2.22. The Morgan fingerprint density at radius 1 is 1.60 bits per heavy atom. The Labute approximate surface area is 89.4 Å². The molecule has 1 atom stereocenters. The molecule has 0 aromatic carbocycles. The Bertz CT molecular complexity index is 134. The van der Waals surface area contributed by atoms with Gasteiger partial charge >= 0.3 is 5.43 Å². The third kappa shape index (κ3) is 5.02. The van der Waals surface area contributed by atoms with Gasteiger partial charge < -0.3 is 4.74 Å². The van der Waals surface area contributed by atoms with Gasteiger partial charge in [0.2, 0.25) is 3.24 Å². The van der Waals surface area contributed by atoms with Crippen molar-refractivity contribution < 1.29 is 9.53 Å². The van der Waals surface area contributed by atoms with Gasteiger partial charge in [0.1, 0.15) is 0 Å². The summed E-state index contributed by atoms with van der Waals surface area (Å²) < 4.78 is 2.98. The van der Waals surface area contributed by atoms with E-state index in [2.05, 4.69) is 36.6 Å². The molecule has 0 heterocycles. The minimum Gasteiger partial charge on any atom is -0.434 e. The molecule has 0 aliphatic rings. The number of carbonyl (C=O) groups excluding carboxylic acids is 1. The summed E-state index contributed by atoms with van der Waals surface area (Å²) in [6.45, 7) is 0. The molecule has 0 rings (SSSR count). The first kappa shape index (κ1) is 11.3. The predicted octanol–water partition coefficient (Wildman–Crippen LogP) is 3.61. The van der Waals surface area contributed by atoms with Crippen molar-refractivity contribution >= 4 is 72.1 Å². The van der Waals surface area contributed by atoms with Crippen molar-refractivity contribution in [1.82, 2.24) is 0 Å². The van der Waals surface area contributed by atoms with Crippen molar-refractivity contribution in [2.24, 2.45) is 0 Å². The topological polar surface area (TPSA) is 26.3 Å². The summed E-state index contributed by atoms with van der Waals surface area (Å²) in [4.78, 5) is 10.1. The standard InChI is InChI=1S/C3HBr2Cl3O2/c4-1(3(5,7)8)10-2(6)9/h1H. The molecular formula is C3HBr2Cl3O2. The minimum absolute atomic E-state index is 0.881. The molecule has 0 bridgehead atoms. The van der Waals surface area contributed by atoms with Gasteiger partial charge in [-0.2, -0.15) is 0 Å². The number of hydrogen-bond donors (Lipinski definition) is 0. The van der Waals surface area contributed by atoms with E-state index in [-0.39, 0.29) is 0 Å². The van der Waals surface area contributed by atoms with Crippen LogP contribution in [0.15, 0.2) is 0 Å². The van der Waals surface area contributed by atoms with Crippen molar-refractivity contribution in [1.29, 1.82) is 0 Å². The summed E-state index contributed by atoms with van der Waals surface area (Å²) in [5.41, 5.74) is -0.980. The Morgan fingerprint density at radius 2 is 2.00 bits per heavy atom. The van der Waals surface area contributed by atoms with Crippen molar-refractivity contribution in [2.75, 3.05) is 0 Å². The first-order valence-electron chi connectivity index (χ1n) is 1.91. The second kappa shape index (κ2) is 4.36. The fourth-order valence-electron chi connectivity index (χ4n) is 0.148. The summed E-state index contributed by atoms with van der Waals surface area (Å²) in [5.74, 6) is 0. The highest BCUT2D eigenvalue weighted by Gasteiger charge is 2.32. The van der Waals surface area contributed by atoms with E-state index in [1.807, 2.05) is 0 Å². The van der Waals surface area contributed by atoms with Crippen LogP contribution in [-0.4, -0.2) is 13.7 Å². The molecule has 0 aromatic rings. The van der Waals surface area contributed by atoms with E-state index in [1.54, 1.807) is 0 Å². The molecule has 0 fully saturated rings. The Kier molecular flexibility index (Phi) is 4.92. The summed E-state index contributed by atoms with van der Waals surface area (Å²) in [5, 5.41) is -0.881. The molecule has 0 aromatic heterocycles. The van der Waals surface area contributed by atoms with Crippen LogP contribution in [0.1, 0.15) is 0 Å². The third-order valence-electron chi connectivity index (χ3n) is 0.453. The molecule has 0 N–H and O–H groups in total. The Morgan fingerprint density at radius 3 is 2.10 bits per heavy atom. The molecule has 7 heteroatoms. The second-order valence-electron chi connectivity index (χ2n) is 1.21. The van der Waals surface area contributed by atoms with E-state index in [1.165, 1.54) is 0 Å². The van der Waals surface area contributed by atoms with Crippen LogP contribution in [0.25, 0.3) is 0 Å². The summed E-state index contributed by atoms with van der Waals surface area (Å²) in [7, 11) is 0. The molecule has 0 saturated heterocycles. The van der Waals surface area contributed by atoms with E-state index in [0.29, 0.717) is 0 Å². The molecule has 10 heavy (non-hydrogen) atoms. The number of ether oxygens (including phenoxy) is 1. The fraction of sp³-hybridized carbons (Fsp3) is 0.667. The van der Waals surface area contributed by atoms with Crippen LogP contribution in [0, 0.1) is 0 Å². The van der Waals surface area contributed by atoms with Crippen LogP contribution in [0.4, 0.5) is 4.79 Å². The van der Waals surface area contributed by atoms with Crippen LogP contribution < -0.4 is 0 Å². The van der Waals surface area contributed by atoms with Gasteiger partial charge in [-0.15, -0.1) is 0 Å². The van der Waals surface area contributed by atoms with Gasteiger partial charge in [0.05, 0.1) is 0 Å². The molecule has 0 amide bonds. The van der Waals surface area contributed by atoms with Crippen LogP contribution in [0.2, 0.25) is 0 Å². The highest BCUT2D eigenvalue weighted by Crippen LogP contribution is 2.37. The molecule has 0 spiro atoms. The van der Waals surface area contributed by atoms with Gasteiger partial charge in [-0.05, 0) is 31.9 Å². The maximum Gasteiger partial charge on any atom is 0.405 e. The van der Waals surface area contributed by atoms with Gasteiger partial charge in [0, 0.05) is 11.6 Å². The first-order valence-corrected chi connectivity index (χ1v) is 4.75. The Balaban J connectivity index is 3.85. The van der Waals surface area contributed by atoms with E-state index in [0.717, 1.165) is 0 Å². The number of halogens is 5. The number of alkyl halides is 4. The minimum atomic E-state index is -1.36. The van der Waals surface area contributed by atoms with Gasteiger partial charge in [-0.25, -0.2) is 4.79 Å². The summed E-state index contributed by atoms with van der Waals surface area (Å²) in [6, 6.07) is 0. The summed E-state index contributed by atoms with van der Waals surface area (Å²) >= 11 is 21.4. The van der Waals surface area contributed by atoms with Gasteiger partial charge in [-0.1, -0.05) is 23.2 Å². The van der Waals surface area contributed by atoms with E-state index >= 15 is 0 Å². The molecule has 2 nitrogen and oxygen atoms in total. The highest BCUT2D eigenvalue weighted by molar-refractivity contribution is 9.13. The van der Waals surface area contributed by atoms with Crippen molar-refractivity contribution in [3.05, 3.63) is 0 Å². The smallest absolute Gasteiger partial charge is 0.405 e. The highest BCUT2D eigenvalue weighted by atomic mass is 79.9. The van der Waals surface area contributed by atoms with Crippen LogP contribution in [0.3, 0.4) is 0 Å². The number of rotatable bonds is 2. The van der Waals surface area contributed by atoms with Crippen LogP contribution in [0.5, 0.6) is 0 Å². The molecular weight excluding hydrogens is 334 g/mol. The average Bonchev–Trinajstić information content (AvgIpc) is 1.60. The average molecular weight is 335 g/mol. The molecule has 60 valence electrons. The zero-order chi connectivity index (χ0) is 8.36. The third-order valence-corrected chi connectivity index (χ3v) is 3.37. The lowest BCUT2D eigenvalue weighted by molar-refractivity contribution is 0.167. The van der Waals surface area contributed by atoms with Crippen molar-refractivity contribution in [3.63, 3.8) is 0 Å². The molecule has 1 unspecified atom stereocenters. The quantitative estimate of drug-likeness (QED) is 0.569. The molecule has 0 radical (unpaired) electrons. The number of hydrogen-bond acceptors (Lipinski definition) is 2. The van der Waals surface area contributed by atoms with E-state index in [9.17, 15) is 4.79 Å². The molecule has 0 saturated carbocycles. The van der Waals surface area contributed by atoms with Crippen molar-refractivity contribution in [2.45, 2.75) is 8.26 Å². The maximum atomic E-state index is 10.1. The summed E-state index contributed by atoms with van der Waals surface area (Å²) in [6.07, 6.45) is 0. The predicted molar refractivity (Wildman–Crippen MR) is 48.4 cm³/mol. The SMILES string of the molecule is O=C(Cl)OC(Br)C(Cl)(Cl)Br.